The second-order valence-electron chi connectivity index (χ2n) is 4.76. The Bertz CT molecular complexity index is 467. The van der Waals surface area contributed by atoms with E-state index in [1.54, 1.807) is 18.2 Å². The number of carbonyl (C=O) groups is 1. The van der Waals surface area contributed by atoms with Crippen LogP contribution in [0, 0.1) is 5.41 Å². The fourth-order valence-corrected chi connectivity index (χ4v) is 1.88. The number of benzene rings is 1. The molecule has 0 spiro atoms. The average Bonchev–Trinajstić information content (AvgIpc) is 3.15. The van der Waals surface area contributed by atoms with Crippen LogP contribution in [-0.2, 0) is 4.79 Å². The molecule has 1 aliphatic carbocycles. The van der Waals surface area contributed by atoms with Crippen molar-refractivity contribution in [1.29, 1.82) is 0 Å². The van der Waals surface area contributed by atoms with E-state index in [1.165, 1.54) is 6.08 Å². The van der Waals surface area contributed by atoms with Crippen molar-refractivity contribution in [2.45, 2.75) is 12.8 Å². The highest BCUT2D eigenvalue weighted by Gasteiger charge is 2.41. The Labute approximate surface area is 111 Å². The van der Waals surface area contributed by atoms with Gasteiger partial charge < -0.3 is 10.4 Å². The van der Waals surface area contributed by atoms with Crippen molar-refractivity contribution in [3.8, 4) is 0 Å². The standard InChI is InChI=1S/C14H16ClNO2/c15-12-3-1-2-11(8-12)4-5-13(18)16-9-14(10-17)6-7-14/h1-5,8,17H,6-7,9-10H2,(H,16,18)/b5-4+. The van der Waals surface area contributed by atoms with Gasteiger partial charge in [-0.05, 0) is 36.6 Å². The Morgan fingerprint density at radius 3 is 2.89 bits per heavy atom. The summed E-state index contributed by atoms with van der Waals surface area (Å²) in [5, 5.41) is 12.6. The molecular weight excluding hydrogens is 250 g/mol. The van der Waals surface area contributed by atoms with Crippen LogP contribution in [0.2, 0.25) is 5.02 Å². The van der Waals surface area contributed by atoms with Gasteiger partial charge in [0, 0.05) is 23.1 Å². The van der Waals surface area contributed by atoms with Gasteiger partial charge in [-0.25, -0.2) is 0 Å². The molecule has 1 aromatic rings. The average molecular weight is 266 g/mol. The van der Waals surface area contributed by atoms with Crippen LogP contribution in [-0.4, -0.2) is 24.2 Å². The predicted molar refractivity (Wildman–Crippen MR) is 72.2 cm³/mol. The molecule has 4 heteroatoms. The first kappa shape index (κ1) is 13.1. The fourth-order valence-electron chi connectivity index (χ4n) is 1.68. The number of nitrogens with one attached hydrogen (secondary N) is 1. The molecule has 1 fully saturated rings. The first-order valence-corrected chi connectivity index (χ1v) is 6.34. The molecule has 0 unspecified atom stereocenters. The minimum absolute atomic E-state index is 0.0560. The summed E-state index contributed by atoms with van der Waals surface area (Å²) in [7, 11) is 0. The molecule has 0 bridgehead atoms. The largest absolute Gasteiger partial charge is 0.396 e. The van der Waals surface area contributed by atoms with E-state index < -0.39 is 0 Å². The van der Waals surface area contributed by atoms with Gasteiger partial charge in [0.05, 0.1) is 6.61 Å². The molecule has 0 heterocycles. The molecule has 2 N–H and O–H groups in total. The van der Waals surface area contributed by atoms with E-state index >= 15 is 0 Å². The molecule has 1 amide bonds. The molecular formula is C14H16ClNO2. The lowest BCUT2D eigenvalue weighted by atomic mass is 10.1. The van der Waals surface area contributed by atoms with Crippen LogP contribution in [0.25, 0.3) is 6.08 Å². The van der Waals surface area contributed by atoms with E-state index in [4.69, 9.17) is 16.7 Å². The van der Waals surface area contributed by atoms with Gasteiger partial charge in [-0.15, -0.1) is 0 Å². The molecule has 1 saturated carbocycles. The third kappa shape index (κ3) is 3.59. The lowest BCUT2D eigenvalue weighted by Gasteiger charge is -2.11. The van der Waals surface area contributed by atoms with Crippen LogP contribution in [0.3, 0.4) is 0 Å². The van der Waals surface area contributed by atoms with Crippen LogP contribution in [0.5, 0.6) is 0 Å². The molecule has 1 aromatic carbocycles. The van der Waals surface area contributed by atoms with E-state index in [-0.39, 0.29) is 17.9 Å². The maximum absolute atomic E-state index is 11.6. The number of rotatable bonds is 5. The number of halogens is 1. The normalized spacial score (nSPS) is 16.8. The second kappa shape index (κ2) is 5.55. The summed E-state index contributed by atoms with van der Waals surface area (Å²) in [6.07, 6.45) is 5.18. The van der Waals surface area contributed by atoms with Crippen molar-refractivity contribution in [3.05, 3.63) is 40.9 Å². The summed E-state index contributed by atoms with van der Waals surface area (Å²) >= 11 is 5.85. The van der Waals surface area contributed by atoms with Crippen LogP contribution < -0.4 is 5.32 Å². The molecule has 0 aromatic heterocycles. The highest BCUT2D eigenvalue weighted by molar-refractivity contribution is 6.30. The minimum atomic E-state index is -0.144. The number of amides is 1. The molecule has 1 aliphatic rings. The smallest absolute Gasteiger partial charge is 0.244 e. The Balaban J connectivity index is 1.83. The first-order valence-electron chi connectivity index (χ1n) is 5.96. The third-order valence-corrected chi connectivity index (χ3v) is 3.44. The molecule has 96 valence electrons. The maximum atomic E-state index is 11.6. The Morgan fingerprint density at radius 2 is 2.28 bits per heavy atom. The predicted octanol–water partition coefficient (Wildman–Crippen LogP) is 2.24. The molecule has 0 atom stereocenters. The second-order valence-corrected chi connectivity index (χ2v) is 5.20. The van der Waals surface area contributed by atoms with Gasteiger partial charge in [-0.2, -0.15) is 0 Å². The van der Waals surface area contributed by atoms with E-state index in [0.29, 0.717) is 11.6 Å². The first-order chi connectivity index (χ1) is 8.63. The Kier molecular flexibility index (Phi) is 4.04. The monoisotopic (exact) mass is 265 g/mol. The fraction of sp³-hybridized carbons (Fsp3) is 0.357. The van der Waals surface area contributed by atoms with E-state index in [9.17, 15) is 4.79 Å². The lowest BCUT2D eigenvalue weighted by Crippen LogP contribution is -2.30. The van der Waals surface area contributed by atoms with E-state index in [2.05, 4.69) is 5.32 Å². The minimum Gasteiger partial charge on any atom is -0.396 e. The Morgan fingerprint density at radius 1 is 1.50 bits per heavy atom. The van der Waals surface area contributed by atoms with Crippen molar-refractivity contribution in [3.63, 3.8) is 0 Å². The summed E-state index contributed by atoms with van der Waals surface area (Å²) < 4.78 is 0. The quantitative estimate of drug-likeness (QED) is 0.803. The van der Waals surface area contributed by atoms with Gasteiger partial charge in [0.25, 0.3) is 0 Å². The Hall–Kier alpha value is -1.32. The van der Waals surface area contributed by atoms with Gasteiger partial charge in [-0.1, -0.05) is 23.7 Å². The SMILES string of the molecule is O=C(/C=C/c1cccc(Cl)c1)NCC1(CO)CC1. The summed E-state index contributed by atoms with van der Waals surface area (Å²) in [6.45, 7) is 0.688. The molecule has 0 aliphatic heterocycles. The van der Waals surface area contributed by atoms with Gasteiger partial charge >= 0.3 is 0 Å². The highest BCUT2D eigenvalue weighted by Crippen LogP contribution is 2.44. The van der Waals surface area contributed by atoms with Crippen LogP contribution >= 0.6 is 11.6 Å². The summed E-state index contributed by atoms with van der Waals surface area (Å²) in [4.78, 5) is 11.6. The molecule has 0 radical (unpaired) electrons. The zero-order chi connectivity index (χ0) is 13.0. The van der Waals surface area contributed by atoms with Crippen molar-refractivity contribution in [2.75, 3.05) is 13.2 Å². The zero-order valence-corrected chi connectivity index (χ0v) is 10.8. The van der Waals surface area contributed by atoms with Crippen molar-refractivity contribution < 1.29 is 9.90 Å². The zero-order valence-electron chi connectivity index (χ0n) is 10.0. The van der Waals surface area contributed by atoms with Crippen LogP contribution in [0.1, 0.15) is 18.4 Å². The molecule has 2 rings (SSSR count). The lowest BCUT2D eigenvalue weighted by molar-refractivity contribution is -0.116. The topological polar surface area (TPSA) is 49.3 Å². The summed E-state index contributed by atoms with van der Waals surface area (Å²) in [5.41, 5.74) is 0.834. The van der Waals surface area contributed by atoms with Crippen molar-refractivity contribution in [2.24, 2.45) is 5.41 Å². The molecule has 3 nitrogen and oxygen atoms in total. The third-order valence-electron chi connectivity index (χ3n) is 3.21. The van der Waals surface area contributed by atoms with Crippen molar-refractivity contribution >= 4 is 23.6 Å². The summed E-state index contributed by atoms with van der Waals surface area (Å²) in [5.74, 6) is -0.144. The van der Waals surface area contributed by atoms with E-state index in [1.807, 2.05) is 12.1 Å². The maximum Gasteiger partial charge on any atom is 0.244 e. The van der Waals surface area contributed by atoms with Gasteiger partial charge in [0.2, 0.25) is 5.91 Å². The van der Waals surface area contributed by atoms with Crippen molar-refractivity contribution in [1.82, 2.24) is 5.32 Å². The van der Waals surface area contributed by atoms with Gasteiger partial charge in [0.1, 0.15) is 0 Å². The van der Waals surface area contributed by atoms with Crippen LogP contribution in [0.15, 0.2) is 30.3 Å². The van der Waals surface area contributed by atoms with Gasteiger partial charge in [-0.3, -0.25) is 4.79 Å². The number of carbonyl (C=O) groups excluding carboxylic acids is 1. The number of hydrogen-bond donors (Lipinski definition) is 2. The van der Waals surface area contributed by atoms with Crippen LogP contribution in [0.4, 0.5) is 0 Å². The van der Waals surface area contributed by atoms with Gasteiger partial charge in [0.15, 0.2) is 0 Å². The molecule has 0 saturated heterocycles. The number of hydrogen-bond acceptors (Lipinski definition) is 2. The summed E-state index contributed by atoms with van der Waals surface area (Å²) in [6, 6.07) is 7.30. The number of aliphatic hydroxyl groups is 1. The highest BCUT2D eigenvalue weighted by atomic mass is 35.5. The van der Waals surface area contributed by atoms with E-state index in [0.717, 1.165) is 18.4 Å². The number of aliphatic hydroxyl groups excluding tert-OH is 1. The molecule has 18 heavy (non-hydrogen) atoms.